The van der Waals surface area contributed by atoms with Crippen LogP contribution in [0, 0.1) is 0 Å². The summed E-state index contributed by atoms with van der Waals surface area (Å²) < 4.78 is 12.0. The van der Waals surface area contributed by atoms with E-state index in [9.17, 15) is 15.0 Å². The van der Waals surface area contributed by atoms with Crippen molar-refractivity contribution in [2.75, 3.05) is 0 Å². The lowest BCUT2D eigenvalue weighted by Crippen LogP contribution is -2.10. The number of halogens is 1. The molecule has 0 spiro atoms. The summed E-state index contributed by atoms with van der Waals surface area (Å²) in [4.78, 5) is 12.7. The van der Waals surface area contributed by atoms with Crippen LogP contribution in [0.3, 0.4) is 0 Å². The molecule has 6 heteroatoms. The summed E-state index contributed by atoms with van der Waals surface area (Å²) in [6.07, 6.45) is 2.87. The van der Waals surface area contributed by atoms with Gasteiger partial charge in [0.25, 0.3) is 0 Å². The van der Waals surface area contributed by atoms with Crippen LogP contribution in [0.4, 0.5) is 0 Å². The average molecular weight is 407 g/mol. The van der Waals surface area contributed by atoms with Crippen LogP contribution >= 0.6 is 15.9 Å². The van der Waals surface area contributed by atoms with E-state index in [0.29, 0.717) is 34.2 Å². The Morgan fingerprint density at radius 2 is 1.72 bits per heavy atom. The van der Waals surface area contributed by atoms with E-state index in [0.717, 1.165) is 18.4 Å². The van der Waals surface area contributed by atoms with Crippen LogP contribution in [0.1, 0.15) is 48.2 Å². The van der Waals surface area contributed by atoms with Crippen molar-refractivity contribution in [2.24, 2.45) is 0 Å². The molecule has 0 fully saturated rings. The molecule has 2 aromatic rings. The van der Waals surface area contributed by atoms with Crippen molar-refractivity contribution in [1.82, 2.24) is 0 Å². The number of phenols is 2. The average Bonchev–Trinajstić information content (AvgIpc) is 2.68. The second-order valence-corrected chi connectivity index (χ2v) is 6.78. The summed E-state index contributed by atoms with van der Waals surface area (Å²) in [5, 5.41) is 20.1. The lowest BCUT2D eigenvalue weighted by Gasteiger charge is -2.15. The maximum Gasteiger partial charge on any atom is 0.347 e. The van der Waals surface area contributed by atoms with Gasteiger partial charge in [0.15, 0.2) is 11.5 Å². The van der Waals surface area contributed by atoms with Crippen molar-refractivity contribution >= 4 is 21.9 Å². The van der Waals surface area contributed by atoms with Gasteiger partial charge in [0.2, 0.25) is 0 Å². The standard InChI is InChI=1S/C19H19BrO5/c1-3-5-10-7-11(21)8-14-16(10)19(23)25-15-9-13(22)17(20)12(6-4-2)18(15)24-14/h7-9,21-22H,3-6H2,1-2H3. The van der Waals surface area contributed by atoms with Crippen LogP contribution in [0.15, 0.2) is 22.7 Å². The molecule has 0 saturated heterocycles. The Hall–Kier alpha value is -2.21. The van der Waals surface area contributed by atoms with Gasteiger partial charge in [-0.05, 0) is 40.4 Å². The molecule has 3 rings (SSSR count). The normalized spacial score (nSPS) is 12.7. The molecule has 2 aromatic carbocycles. The van der Waals surface area contributed by atoms with E-state index in [1.54, 1.807) is 6.07 Å². The van der Waals surface area contributed by atoms with Crippen molar-refractivity contribution in [3.8, 4) is 28.7 Å². The molecule has 25 heavy (non-hydrogen) atoms. The van der Waals surface area contributed by atoms with Crippen LogP contribution in [-0.2, 0) is 12.8 Å². The van der Waals surface area contributed by atoms with E-state index in [2.05, 4.69) is 15.9 Å². The number of hydrogen-bond donors (Lipinski definition) is 2. The third-order valence-corrected chi connectivity index (χ3v) is 4.95. The van der Waals surface area contributed by atoms with Gasteiger partial charge < -0.3 is 19.7 Å². The van der Waals surface area contributed by atoms with Crippen LogP contribution in [0.25, 0.3) is 0 Å². The van der Waals surface area contributed by atoms with E-state index in [1.165, 1.54) is 12.1 Å². The Labute approximate surface area is 154 Å². The number of benzene rings is 2. The summed E-state index contributed by atoms with van der Waals surface area (Å²) in [6.45, 7) is 3.99. The van der Waals surface area contributed by atoms with Crippen LogP contribution < -0.4 is 9.47 Å². The Kier molecular flexibility index (Phi) is 4.90. The van der Waals surface area contributed by atoms with Crippen LogP contribution in [-0.4, -0.2) is 16.2 Å². The molecule has 0 aliphatic carbocycles. The predicted molar refractivity (Wildman–Crippen MR) is 96.9 cm³/mol. The lowest BCUT2D eigenvalue weighted by molar-refractivity contribution is 0.0736. The quantitative estimate of drug-likeness (QED) is 0.546. The number of esters is 1. The third kappa shape index (κ3) is 3.18. The minimum Gasteiger partial charge on any atom is -0.508 e. The van der Waals surface area contributed by atoms with Crippen LogP contribution in [0.5, 0.6) is 28.7 Å². The zero-order chi connectivity index (χ0) is 18.1. The fourth-order valence-corrected chi connectivity index (χ4v) is 3.51. The molecular weight excluding hydrogens is 388 g/mol. The molecule has 0 atom stereocenters. The smallest absolute Gasteiger partial charge is 0.347 e. The minimum atomic E-state index is -0.554. The predicted octanol–water partition coefficient (Wildman–Crippen LogP) is 5.09. The first-order chi connectivity index (χ1) is 12.0. The Bertz CT molecular complexity index is 844. The molecule has 0 saturated carbocycles. The second kappa shape index (κ2) is 6.96. The molecule has 5 nitrogen and oxygen atoms in total. The summed E-state index contributed by atoms with van der Waals surface area (Å²) in [5.41, 5.74) is 1.71. The highest BCUT2D eigenvalue weighted by Crippen LogP contribution is 2.48. The minimum absolute atomic E-state index is 0.0128. The maximum absolute atomic E-state index is 12.7. The largest absolute Gasteiger partial charge is 0.508 e. The Morgan fingerprint density at radius 3 is 2.40 bits per heavy atom. The number of phenolic OH excluding ortho intramolecular Hbond substituents is 2. The third-order valence-electron chi connectivity index (χ3n) is 4.06. The highest BCUT2D eigenvalue weighted by atomic mass is 79.9. The number of fused-ring (bicyclic) bond motifs is 2. The summed E-state index contributed by atoms with van der Waals surface area (Å²) in [6, 6.07) is 4.34. The van der Waals surface area contributed by atoms with Crippen LogP contribution in [0.2, 0.25) is 0 Å². The number of aromatic hydroxyl groups is 2. The first-order valence-corrected chi connectivity index (χ1v) is 9.05. The van der Waals surface area contributed by atoms with E-state index in [4.69, 9.17) is 9.47 Å². The molecule has 2 N–H and O–H groups in total. The fourth-order valence-electron chi connectivity index (χ4n) is 3.01. The molecule has 0 bridgehead atoms. The zero-order valence-corrected chi connectivity index (χ0v) is 15.6. The molecule has 132 valence electrons. The van der Waals surface area contributed by atoms with Gasteiger partial charge in [0.1, 0.15) is 22.8 Å². The summed E-state index contributed by atoms with van der Waals surface area (Å²) in [5.74, 6) is 0.289. The van der Waals surface area contributed by atoms with Crippen molar-refractivity contribution < 1.29 is 24.5 Å². The monoisotopic (exact) mass is 406 g/mol. The number of rotatable bonds is 4. The van der Waals surface area contributed by atoms with Gasteiger partial charge in [0, 0.05) is 17.7 Å². The number of hydrogen-bond acceptors (Lipinski definition) is 5. The topological polar surface area (TPSA) is 76.0 Å². The second-order valence-electron chi connectivity index (χ2n) is 5.99. The molecule has 0 amide bonds. The summed E-state index contributed by atoms with van der Waals surface area (Å²) in [7, 11) is 0. The SMILES string of the molecule is CCCc1cc(O)cc2c1C(=O)Oc1cc(O)c(Br)c(CCC)c1O2. The van der Waals surface area contributed by atoms with Gasteiger partial charge in [-0.1, -0.05) is 26.7 Å². The lowest BCUT2D eigenvalue weighted by atomic mass is 10.0. The zero-order valence-electron chi connectivity index (χ0n) is 14.1. The van der Waals surface area contributed by atoms with Gasteiger partial charge in [-0.15, -0.1) is 0 Å². The summed E-state index contributed by atoms with van der Waals surface area (Å²) >= 11 is 3.37. The van der Waals surface area contributed by atoms with Crippen molar-refractivity contribution in [3.05, 3.63) is 39.4 Å². The van der Waals surface area contributed by atoms with Gasteiger partial charge in [-0.3, -0.25) is 0 Å². The van der Waals surface area contributed by atoms with E-state index in [1.807, 2.05) is 13.8 Å². The van der Waals surface area contributed by atoms with Crippen molar-refractivity contribution in [2.45, 2.75) is 39.5 Å². The number of carbonyl (C=O) groups is 1. The van der Waals surface area contributed by atoms with E-state index >= 15 is 0 Å². The molecule has 0 aromatic heterocycles. The van der Waals surface area contributed by atoms with E-state index < -0.39 is 5.97 Å². The fraction of sp³-hybridized carbons (Fsp3) is 0.316. The molecule has 0 radical (unpaired) electrons. The van der Waals surface area contributed by atoms with Gasteiger partial charge >= 0.3 is 5.97 Å². The maximum atomic E-state index is 12.7. The molecule has 1 aliphatic heterocycles. The molecular formula is C19H19BrO5. The number of carbonyl (C=O) groups excluding carboxylic acids is 1. The molecule has 0 unspecified atom stereocenters. The number of aryl methyl sites for hydroxylation is 1. The highest BCUT2D eigenvalue weighted by Gasteiger charge is 2.30. The van der Waals surface area contributed by atoms with Crippen molar-refractivity contribution in [1.29, 1.82) is 0 Å². The Balaban J connectivity index is 2.23. The molecule has 1 aliphatic rings. The van der Waals surface area contributed by atoms with E-state index in [-0.39, 0.29) is 23.0 Å². The highest BCUT2D eigenvalue weighted by molar-refractivity contribution is 9.10. The Morgan fingerprint density at radius 1 is 1.00 bits per heavy atom. The van der Waals surface area contributed by atoms with Crippen molar-refractivity contribution in [3.63, 3.8) is 0 Å². The first-order valence-electron chi connectivity index (χ1n) is 8.26. The van der Waals surface area contributed by atoms with Gasteiger partial charge in [0.05, 0.1) is 4.47 Å². The molecule has 1 heterocycles. The first kappa shape index (κ1) is 17.6. The number of ether oxygens (including phenoxy) is 2. The van der Waals surface area contributed by atoms with Gasteiger partial charge in [-0.2, -0.15) is 0 Å². The van der Waals surface area contributed by atoms with Gasteiger partial charge in [-0.25, -0.2) is 4.79 Å².